The summed E-state index contributed by atoms with van der Waals surface area (Å²) in [5.74, 6) is 0.508. The van der Waals surface area contributed by atoms with Crippen LogP contribution in [0.3, 0.4) is 0 Å². The Morgan fingerprint density at radius 1 is 1.07 bits per heavy atom. The molecule has 138 valence electrons. The lowest BCUT2D eigenvalue weighted by Crippen LogP contribution is -2.36. The standard InChI is InChI=1S/C14H15N11OS/c26-8-4-2-1-3-7(8)16-14-18-11-13(27-14)17-9(19-20-11)5-25-6-15-10-12(25)22-24-23-21-10/h6-8,26H,1-5H2,(H,16,18,20)/t7-,8-/m1/s1. The Bertz CT molecular complexity index is 1100. The van der Waals surface area contributed by atoms with Crippen LogP contribution in [0.25, 0.3) is 21.8 Å². The Labute approximate surface area is 156 Å². The molecular formula is C14H15N11OS. The van der Waals surface area contributed by atoms with E-state index in [0.717, 1.165) is 25.7 Å². The van der Waals surface area contributed by atoms with Crippen LogP contribution in [0.5, 0.6) is 0 Å². The highest BCUT2D eigenvalue weighted by atomic mass is 32.1. The number of fused-ring (bicyclic) bond motifs is 2. The normalized spacial score (nSPS) is 20.3. The molecule has 1 aliphatic rings. The molecule has 27 heavy (non-hydrogen) atoms. The number of hydrogen-bond acceptors (Lipinski definition) is 12. The van der Waals surface area contributed by atoms with E-state index in [9.17, 15) is 5.11 Å². The molecule has 0 aromatic carbocycles. The van der Waals surface area contributed by atoms with E-state index in [2.05, 4.69) is 51.1 Å². The maximum Gasteiger partial charge on any atom is 0.223 e. The van der Waals surface area contributed by atoms with Crippen LogP contribution >= 0.6 is 11.3 Å². The van der Waals surface area contributed by atoms with Gasteiger partial charge in [-0.15, -0.1) is 20.4 Å². The SMILES string of the molecule is O[C@@H]1CCCC[C@H]1Nc1nc2nnc(Cn3cnc4nnnnc43)nc2s1. The lowest BCUT2D eigenvalue weighted by atomic mass is 9.93. The van der Waals surface area contributed by atoms with Gasteiger partial charge >= 0.3 is 0 Å². The van der Waals surface area contributed by atoms with Crippen molar-refractivity contribution in [3.05, 3.63) is 12.2 Å². The zero-order valence-electron chi connectivity index (χ0n) is 14.1. The first kappa shape index (κ1) is 16.3. The predicted molar refractivity (Wildman–Crippen MR) is 94.9 cm³/mol. The number of aliphatic hydroxyl groups is 1. The van der Waals surface area contributed by atoms with Crippen molar-refractivity contribution < 1.29 is 5.11 Å². The van der Waals surface area contributed by atoms with Crippen molar-refractivity contribution >= 4 is 38.2 Å². The average molecular weight is 385 g/mol. The first-order valence-corrected chi connectivity index (χ1v) is 9.39. The van der Waals surface area contributed by atoms with Gasteiger partial charge in [0.15, 0.2) is 15.8 Å². The number of nitrogens with one attached hydrogen (secondary N) is 1. The summed E-state index contributed by atoms with van der Waals surface area (Å²) in [6.07, 6.45) is 5.16. The molecule has 0 radical (unpaired) electrons. The van der Waals surface area contributed by atoms with Crippen LogP contribution in [0.1, 0.15) is 31.5 Å². The van der Waals surface area contributed by atoms with Crippen LogP contribution < -0.4 is 5.32 Å². The molecule has 0 spiro atoms. The van der Waals surface area contributed by atoms with Gasteiger partial charge in [-0.25, -0.2) is 9.97 Å². The minimum atomic E-state index is -0.348. The third kappa shape index (κ3) is 3.14. The Morgan fingerprint density at radius 2 is 1.96 bits per heavy atom. The molecule has 0 unspecified atom stereocenters. The molecule has 0 bridgehead atoms. The molecule has 0 saturated heterocycles. The molecule has 1 saturated carbocycles. The van der Waals surface area contributed by atoms with Crippen LogP contribution in [0.15, 0.2) is 6.33 Å². The van der Waals surface area contributed by atoms with Crippen LogP contribution in [-0.2, 0) is 6.54 Å². The molecule has 0 amide bonds. The van der Waals surface area contributed by atoms with Crippen molar-refractivity contribution in [1.82, 2.24) is 50.3 Å². The topological polar surface area (TPSA) is 153 Å². The first-order valence-electron chi connectivity index (χ1n) is 8.58. The fraction of sp³-hybridized carbons (Fsp3) is 0.500. The van der Waals surface area contributed by atoms with Crippen LogP contribution in [0.4, 0.5) is 5.13 Å². The Hall–Kier alpha value is -2.93. The summed E-state index contributed by atoms with van der Waals surface area (Å²) in [7, 11) is 0. The first-order chi connectivity index (χ1) is 13.3. The number of rotatable bonds is 4. The molecule has 13 heteroatoms. The predicted octanol–water partition coefficient (Wildman–Crippen LogP) is 0.175. The Kier molecular flexibility index (Phi) is 4.01. The van der Waals surface area contributed by atoms with E-state index in [1.807, 2.05) is 0 Å². The smallest absolute Gasteiger partial charge is 0.223 e. The van der Waals surface area contributed by atoms with E-state index in [1.165, 1.54) is 11.3 Å². The van der Waals surface area contributed by atoms with Crippen molar-refractivity contribution in [3.63, 3.8) is 0 Å². The third-order valence-electron chi connectivity index (χ3n) is 4.54. The van der Waals surface area contributed by atoms with Gasteiger partial charge in [-0.1, -0.05) is 24.2 Å². The van der Waals surface area contributed by atoms with Crippen molar-refractivity contribution in [2.75, 3.05) is 5.32 Å². The number of imidazole rings is 1. The Morgan fingerprint density at radius 3 is 2.89 bits per heavy atom. The number of aromatic nitrogens is 10. The van der Waals surface area contributed by atoms with Crippen LogP contribution in [-0.4, -0.2) is 67.6 Å². The van der Waals surface area contributed by atoms with E-state index >= 15 is 0 Å². The largest absolute Gasteiger partial charge is 0.391 e. The minimum Gasteiger partial charge on any atom is -0.391 e. The molecule has 2 atom stereocenters. The third-order valence-corrected chi connectivity index (χ3v) is 5.41. The summed E-state index contributed by atoms with van der Waals surface area (Å²) in [5.41, 5.74) is 1.40. The summed E-state index contributed by atoms with van der Waals surface area (Å²) in [5, 5.41) is 37.2. The highest BCUT2D eigenvalue weighted by Crippen LogP contribution is 2.27. The number of thiazole rings is 1. The van der Waals surface area contributed by atoms with Gasteiger partial charge in [0.1, 0.15) is 0 Å². The quantitative estimate of drug-likeness (QED) is 0.494. The number of nitrogens with zero attached hydrogens (tertiary/aromatic N) is 10. The second-order valence-electron chi connectivity index (χ2n) is 6.38. The molecule has 1 fully saturated rings. The van der Waals surface area contributed by atoms with E-state index in [0.29, 0.717) is 39.3 Å². The number of hydrogen-bond donors (Lipinski definition) is 2. The van der Waals surface area contributed by atoms with Gasteiger partial charge < -0.3 is 15.0 Å². The molecular weight excluding hydrogens is 370 g/mol. The zero-order chi connectivity index (χ0) is 18.2. The van der Waals surface area contributed by atoms with Gasteiger partial charge in [0.2, 0.25) is 16.9 Å². The summed E-state index contributed by atoms with van der Waals surface area (Å²) in [6, 6.07) is 0.0174. The zero-order valence-corrected chi connectivity index (χ0v) is 14.9. The summed E-state index contributed by atoms with van der Waals surface area (Å²) in [6.45, 7) is 0.335. The fourth-order valence-corrected chi connectivity index (χ4v) is 4.04. The highest BCUT2D eigenvalue weighted by molar-refractivity contribution is 7.21. The van der Waals surface area contributed by atoms with Gasteiger partial charge in [0.25, 0.3) is 0 Å². The minimum absolute atomic E-state index is 0.0174. The van der Waals surface area contributed by atoms with Gasteiger partial charge in [-0.3, -0.25) is 0 Å². The van der Waals surface area contributed by atoms with Crippen molar-refractivity contribution in [1.29, 1.82) is 0 Å². The maximum atomic E-state index is 10.1. The van der Waals surface area contributed by atoms with E-state index < -0.39 is 0 Å². The maximum absolute atomic E-state index is 10.1. The fourth-order valence-electron chi connectivity index (χ4n) is 3.18. The molecule has 0 aliphatic heterocycles. The molecule has 5 rings (SSSR count). The Balaban J connectivity index is 1.39. The van der Waals surface area contributed by atoms with Crippen LogP contribution in [0, 0.1) is 0 Å². The van der Waals surface area contributed by atoms with E-state index in [1.54, 1.807) is 10.9 Å². The highest BCUT2D eigenvalue weighted by Gasteiger charge is 2.24. The molecule has 4 aromatic heterocycles. The molecule has 4 heterocycles. The van der Waals surface area contributed by atoms with Gasteiger partial charge in [-0.2, -0.15) is 4.98 Å². The van der Waals surface area contributed by atoms with Crippen LogP contribution in [0.2, 0.25) is 0 Å². The summed E-state index contributed by atoms with van der Waals surface area (Å²) < 4.78 is 1.73. The second-order valence-corrected chi connectivity index (χ2v) is 7.35. The average Bonchev–Trinajstić information content (AvgIpc) is 3.27. The van der Waals surface area contributed by atoms with Crippen molar-refractivity contribution in [3.8, 4) is 0 Å². The summed E-state index contributed by atoms with van der Waals surface area (Å²) in [4.78, 5) is 13.8. The van der Waals surface area contributed by atoms with Gasteiger partial charge in [0, 0.05) is 0 Å². The number of anilines is 1. The lowest BCUT2D eigenvalue weighted by Gasteiger charge is -2.27. The molecule has 1 aliphatic carbocycles. The molecule has 4 aromatic rings. The van der Waals surface area contributed by atoms with Crippen molar-refractivity contribution in [2.45, 2.75) is 44.4 Å². The van der Waals surface area contributed by atoms with Gasteiger partial charge in [0.05, 0.1) is 25.0 Å². The number of aliphatic hydroxyl groups excluding tert-OH is 1. The van der Waals surface area contributed by atoms with E-state index in [-0.39, 0.29) is 12.1 Å². The van der Waals surface area contributed by atoms with Gasteiger partial charge in [-0.05, 0) is 23.3 Å². The monoisotopic (exact) mass is 385 g/mol. The lowest BCUT2D eigenvalue weighted by molar-refractivity contribution is 0.116. The molecule has 12 nitrogen and oxygen atoms in total. The summed E-state index contributed by atoms with van der Waals surface area (Å²) >= 11 is 1.40. The second kappa shape index (κ2) is 6.66. The van der Waals surface area contributed by atoms with E-state index in [4.69, 9.17) is 0 Å². The molecule has 2 N–H and O–H groups in total. The van der Waals surface area contributed by atoms with Crippen molar-refractivity contribution in [2.24, 2.45) is 0 Å².